The summed E-state index contributed by atoms with van der Waals surface area (Å²) in [7, 11) is 1.60. The standard InChI is InChI=1S/C15H14BrNO2/c1-10-13(16)4-3-5-14(10)17-15(18)11-6-8-12(19-2)9-7-11/h3-9H,1-2H3,(H,17,18). The molecule has 0 fully saturated rings. The van der Waals surface area contributed by atoms with Crippen molar-refractivity contribution >= 4 is 27.5 Å². The Bertz CT molecular complexity index is 594. The van der Waals surface area contributed by atoms with Crippen LogP contribution in [0.25, 0.3) is 0 Å². The van der Waals surface area contributed by atoms with Gasteiger partial charge in [0.1, 0.15) is 5.75 Å². The molecule has 0 saturated carbocycles. The first-order valence-corrected chi connectivity index (χ1v) is 6.61. The van der Waals surface area contributed by atoms with Gasteiger partial charge in [-0.05, 0) is 48.9 Å². The van der Waals surface area contributed by atoms with Crippen molar-refractivity contribution in [1.29, 1.82) is 0 Å². The van der Waals surface area contributed by atoms with Crippen molar-refractivity contribution < 1.29 is 9.53 Å². The summed E-state index contributed by atoms with van der Waals surface area (Å²) in [5, 5.41) is 2.90. The molecule has 0 radical (unpaired) electrons. The quantitative estimate of drug-likeness (QED) is 0.928. The molecule has 2 rings (SSSR count). The molecule has 98 valence electrons. The van der Waals surface area contributed by atoms with Crippen LogP contribution in [0.3, 0.4) is 0 Å². The van der Waals surface area contributed by atoms with E-state index in [2.05, 4.69) is 21.2 Å². The van der Waals surface area contributed by atoms with E-state index in [0.717, 1.165) is 21.5 Å². The summed E-state index contributed by atoms with van der Waals surface area (Å²) in [5.41, 5.74) is 2.40. The Morgan fingerprint density at radius 3 is 2.47 bits per heavy atom. The highest BCUT2D eigenvalue weighted by Crippen LogP contribution is 2.24. The van der Waals surface area contributed by atoms with Crippen molar-refractivity contribution in [3.63, 3.8) is 0 Å². The monoisotopic (exact) mass is 319 g/mol. The number of methoxy groups -OCH3 is 1. The second-order valence-corrected chi connectivity index (χ2v) is 4.95. The molecule has 1 amide bonds. The average Bonchev–Trinajstić information content (AvgIpc) is 2.44. The maximum absolute atomic E-state index is 12.1. The topological polar surface area (TPSA) is 38.3 Å². The Morgan fingerprint density at radius 1 is 1.16 bits per heavy atom. The van der Waals surface area contributed by atoms with Crippen LogP contribution in [0.4, 0.5) is 5.69 Å². The molecule has 3 nitrogen and oxygen atoms in total. The molecule has 0 bridgehead atoms. The first-order chi connectivity index (χ1) is 9.11. The Hall–Kier alpha value is -1.81. The molecule has 2 aromatic carbocycles. The summed E-state index contributed by atoms with van der Waals surface area (Å²) in [6.07, 6.45) is 0. The summed E-state index contributed by atoms with van der Waals surface area (Å²) >= 11 is 3.44. The number of rotatable bonds is 3. The average molecular weight is 320 g/mol. The van der Waals surface area contributed by atoms with Crippen molar-refractivity contribution in [2.45, 2.75) is 6.92 Å². The van der Waals surface area contributed by atoms with Crippen molar-refractivity contribution in [3.05, 3.63) is 58.1 Å². The Kier molecular flexibility index (Phi) is 4.22. The second kappa shape index (κ2) is 5.89. The molecule has 4 heteroatoms. The predicted octanol–water partition coefficient (Wildman–Crippen LogP) is 4.02. The van der Waals surface area contributed by atoms with E-state index in [4.69, 9.17) is 4.74 Å². The highest BCUT2D eigenvalue weighted by Gasteiger charge is 2.08. The number of amides is 1. The van der Waals surface area contributed by atoms with E-state index in [1.807, 2.05) is 25.1 Å². The Morgan fingerprint density at radius 2 is 1.84 bits per heavy atom. The number of nitrogens with one attached hydrogen (secondary N) is 1. The third kappa shape index (κ3) is 3.15. The molecular weight excluding hydrogens is 306 g/mol. The van der Waals surface area contributed by atoms with Gasteiger partial charge in [0.2, 0.25) is 0 Å². The van der Waals surface area contributed by atoms with Crippen LogP contribution in [-0.4, -0.2) is 13.0 Å². The van der Waals surface area contributed by atoms with Crippen LogP contribution in [0.5, 0.6) is 5.75 Å². The highest BCUT2D eigenvalue weighted by molar-refractivity contribution is 9.10. The van der Waals surface area contributed by atoms with Gasteiger partial charge in [0.15, 0.2) is 0 Å². The Balaban J connectivity index is 2.18. The summed E-state index contributed by atoms with van der Waals surface area (Å²) in [6.45, 7) is 1.95. The van der Waals surface area contributed by atoms with Gasteiger partial charge in [0, 0.05) is 15.7 Å². The molecule has 0 aliphatic rings. The largest absolute Gasteiger partial charge is 0.497 e. The number of halogens is 1. The fourth-order valence-electron chi connectivity index (χ4n) is 1.68. The van der Waals surface area contributed by atoms with Crippen molar-refractivity contribution in [2.24, 2.45) is 0 Å². The second-order valence-electron chi connectivity index (χ2n) is 4.10. The van der Waals surface area contributed by atoms with Gasteiger partial charge in [-0.15, -0.1) is 0 Å². The van der Waals surface area contributed by atoms with E-state index in [0.29, 0.717) is 5.56 Å². The molecule has 0 spiro atoms. The lowest BCUT2D eigenvalue weighted by Crippen LogP contribution is -2.12. The zero-order chi connectivity index (χ0) is 13.8. The van der Waals surface area contributed by atoms with Gasteiger partial charge < -0.3 is 10.1 Å². The van der Waals surface area contributed by atoms with Gasteiger partial charge in [-0.25, -0.2) is 0 Å². The number of hydrogen-bond acceptors (Lipinski definition) is 2. The van der Waals surface area contributed by atoms with Crippen LogP contribution in [-0.2, 0) is 0 Å². The zero-order valence-corrected chi connectivity index (χ0v) is 12.3. The smallest absolute Gasteiger partial charge is 0.255 e. The summed E-state index contributed by atoms with van der Waals surface area (Å²) in [5.74, 6) is 0.596. The maximum atomic E-state index is 12.1. The van der Waals surface area contributed by atoms with Crippen LogP contribution in [0.1, 0.15) is 15.9 Å². The molecule has 0 saturated heterocycles. The van der Waals surface area contributed by atoms with Crippen LogP contribution >= 0.6 is 15.9 Å². The van der Waals surface area contributed by atoms with Crippen LogP contribution in [0.2, 0.25) is 0 Å². The van der Waals surface area contributed by atoms with Crippen LogP contribution in [0.15, 0.2) is 46.9 Å². The molecule has 0 aromatic heterocycles. The van der Waals surface area contributed by atoms with Gasteiger partial charge in [-0.3, -0.25) is 4.79 Å². The summed E-state index contributed by atoms with van der Waals surface area (Å²) in [6, 6.07) is 12.7. The number of benzene rings is 2. The number of carbonyl (C=O) groups is 1. The molecule has 0 unspecified atom stereocenters. The normalized spacial score (nSPS) is 10.1. The minimum absolute atomic E-state index is 0.135. The number of carbonyl (C=O) groups excluding carboxylic acids is 1. The lowest BCUT2D eigenvalue weighted by molar-refractivity contribution is 0.102. The van der Waals surface area contributed by atoms with E-state index in [1.165, 1.54) is 0 Å². The lowest BCUT2D eigenvalue weighted by atomic mass is 10.1. The Labute approximate surface area is 120 Å². The van der Waals surface area contributed by atoms with Crippen molar-refractivity contribution in [1.82, 2.24) is 0 Å². The fourth-order valence-corrected chi connectivity index (χ4v) is 2.05. The highest BCUT2D eigenvalue weighted by atomic mass is 79.9. The van der Waals surface area contributed by atoms with Gasteiger partial charge in [0.25, 0.3) is 5.91 Å². The van der Waals surface area contributed by atoms with Gasteiger partial charge in [-0.1, -0.05) is 22.0 Å². The fraction of sp³-hybridized carbons (Fsp3) is 0.133. The molecule has 0 aliphatic carbocycles. The minimum atomic E-state index is -0.135. The number of ether oxygens (including phenoxy) is 1. The van der Waals surface area contributed by atoms with Crippen molar-refractivity contribution in [2.75, 3.05) is 12.4 Å². The van der Waals surface area contributed by atoms with E-state index in [1.54, 1.807) is 31.4 Å². The SMILES string of the molecule is COc1ccc(C(=O)Nc2cccc(Br)c2C)cc1. The van der Waals surface area contributed by atoms with Gasteiger partial charge in [-0.2, -0.15) is 0 Å². The lowest BCUT2D eigenvalue weighted by Gasteiger charge is -2.10. The summed E-state index contributed by atoms with van der Waals surface area (Å²) < 4.78 is 6.04. The van der Waals surface area contributed by atoms with E-state index >= 15 is 0 Å². The first kappa shape index (κ1) is 13.6. The van der Waals surface area contributed by atoms with Gasteiger partial charge in [0.05, 0.1) is 7.11 Å². The third-order valence-electron chi connectivity index (χ3n) is 2.87. The number of anilines is 1. The first-order valence-electron chi connectivity index (χ1n) is 5.82. The van der Waals surface area contributed by atoms with E-state index in [9.17, 15) is 4.79 Å². The maximum Gasteiger partial charge on any atom is 0.255 e. The molecule has 1 N–H and O–H groups in total. The minimum Gasteiger partial charge on any atom is -0.497 e. The molecule has 0 heterocycles. The molecule has 19 heavy (non-hydrogen) atoms. The molecular formula is C15H14BrNO2. The van der Waals surface area contributed by atoms with Crippen LogP contribution in [0, 0.1) is 6.92 Å². The van der Waals surface area contributed by atoms with Crippen molar-refractivity contribution in [3.8, 4) is 5.75 Å². The number of hydrogen-bond donors (Lipinski definition) is 1. The molecule has 2 aromatic rings. The van der Waals surface area contributed by atoms with Crippen LogP contribution < -0.4 is 10.1 Å². The zero-order valence-electron chi connectivity index (χ0n) is 10.7. The predicted molar refractivity (Wildman–Crippen MR) is 79.8 cm³/mol. The van der Waals surface area contributed by atoms with Gasteiger partial charge >= 0.3 is 0 Å². The van der Waals surface area contributed by atoms with E-state index < -0.39 is 0 Å². The van der Waals surface area contributed by atoms with E-state index in [-0.39, 0.29) is 5.91 Å². The third-order valence-corrected chi connectivity index (χ3v) is 3.73. The molecule has 0 aliphatic heterocycles. The summed E-state index contributed by atoms with van der Waals surface area (Å²) in [4.78, 5) is 12.1. The molecule has 0 atom stereocenters.